The van der Waals surface area contributed by atoms with Gasteiger partial charge in [0, 0.05) is 18.5 Å². The van der Waals surface area contributed by atoms with E-state index in [1.807, 2.05) is 26.0 Å². The fourth-order valence-electron chi connectivity index (χ4n) is 1.82. The highest BCUT2D eigenvalue weighted by atomic mass is 16.5. The van der Waals surface area contributed by atoms with Crippen LogP contribution in [0.3, 0.4) is 0 Å². The number of hydrogen-bond acceptors (Lipinski definition) is 4. The molecule has 0 fully saturated rings. The second-order valence-corrected chi connectivity index (χ2v) is 4.76. The van der Waals surface area contributed by atoms with Crippen LogP contribution in [0.15, 0.2) is 27.1 Å². The van der Waals surface area contributed by atoms with Crippen LogP contribution in [0, 0.1) is 13.8 Å². The van der Waals surface area contributed by atoms with Gasteiger partial charge in [0.2, 0.25) is 5.76 Å². The van der Waals surface area contributed by atoms with Gasteiger partial charge >= 0.3 is 0 Å². The number of nitrogens with zero attached hydrogens (tertiary/aromatic N) is 1. The zero-order valence-corrected chi connectivity index (χ0v) is 11.4. The number of carbonyl (C=O) groups excluding carboxylic acids is 1. The van der Waals surface area contributed by atoms with Crippen molar-refractivity contribution >= 4 is 5.91 Å². The van der Waals surface area contributed by atoms with Gasteiger partial charge in [-0.1, -0.05) is 5.16 Å². The Kier molecular flexibility index (Phi) is 4.04. The molecule has 0 radical (unpaired) electrons. The van der Waals surface area contributed by atoms with Gasteiger partial charge in [-0.05, 0) is 39.3 Å². The van der Waals surface area contributed by atoms with E-state index in [2.05, 4.69) is 10.5 Å². The number of amides is 1. The third-order valence-corrected chi connectivity index (χ3v) is 2.85. The van der Waals surface area contributed by atoms with E-state index in [0.717, 1.165) is 24.4 Å². The summed E-state index contributed by atoms with van der Waals surface area (Å²) in [5.41, 5.74) is 0.698. The van der Waals surface area contributed by atoms with E-state index in [4.69, 9.17) is 8.94 Å². The van der Waals surface area contributed by atoms with Crippen molar-refractivity contribution in [2.75, 3.05) is 0 Å². The van der Waals surface area contributed by atoms with Crippen LogP contribution in [0.2, 0.25) is 0 Å². The van der Waals surface area contributed by atoms with Gasteiger partial charge in [0.15, 0.2) is 0 Å². The summed E-state index contributed by atoms with van der Waals surface area (Å²) in [6.07, 6.45) is 1.61. The van der Waals surface area contributed by atoms with Crippen LogP contribution in [0.4, 0.5) is 0 Å². The van der Waals surface area contributed by atoms with Gasteiger partial charge in [-0.2, -0.15) is 0 Å². The molecule has 0 saturated carbocycles. The van der Waals surface area contributed by atoms with Crippen molar-refractivity contribution in [1.82, 2.24) is 10.5 Å². The number of carbonyl (C=O) groups is 1. The van der Waals surface area contributed by atoms with Crippen molar-refractivity contribution in [1.29, 1.82) is 0 Å². The van der Waals surface area contributed by atoms with Gasteiger partial charge in [-0.3, -0.25) is 4.79 Å². The lowest BCUT2D eigenvalue weighted by molar-refractivity contribution is 0.0900. The van der Waals surface area contributed by atoms with Crippen LogP contribution in [-0.4, -0.2) is 17.1 Å². The Morgan fingerprint density at radius 2 is 2.21 bits per heavy atom. The van der Waals surface area contributed by atoms with Crippen molar-refractivity contribution < 1.29 is 13.7 Å². The molecule has 102 valence electrons. The van der Waals surface area contributed by atoms with Gasteiger partial charge in [0.25, 0.3) is 5.91 Å². The molecule has 1 N–H and O–H groups in total. The third-order valence-electron chi connectivity index (χ3n) is 2.85. The lowest BCUT2D eigenvalue weighted by Crippen LogP contribution is -2.32. The molecule has 0 aliphatic heterocycles. The Hall–Kier alpha value is -2.04. The number of rotatable bonds is 5. The average molecular weight is 262 g/mol. The Bertz CT molecular complexity index is 557. The maximum absolute atomic E-state index is 11.8. The summed E-state index contributed by atoms with van der Waals surface area (Å²) in [7, 11) is 0. The third kappa shape index (κ3) is 3.71. The molecule has 2 heterocycles. The standard InChI is InChI=1S/C14H18N2O3/c1-9(4-6-12-7-5-11(3)18-12)15-14(17)13-8-10(2)16-19-13/h5,7-9H,4,6H2,1-3H3,(H,15,17)/t9-/m0/s1. The van der Waals surface area contributed by atoms with Crippen LogP contribution in [0.25, 0.3) is 0 Å². The molecule has 0 aliphatic rings. The second-order valence-electron chi connectivity index (χ2n) is 4.76. The smallest absolute Gasteiger partial charge is 0.290 e. The molecule has 2 aromatic rings. The van der Waals surface area contributed by atoms with Crippen molar-refractivity contribution in [3.05, 3.63) is 41.2 Å². The Morgan fingerprint density at radius 3 is 2.79 bits per heavy atom. The molecule has 0 aromatic carbocycles. The minimum absolute atomic E-state index is 0.0447. The van der Waals surface area contributed by atoms with Crippen LogP contribution < -0.4 is 5.32 Å². The summed E-state index contributed by atoms with van der Waals surface area (Å²) in [4.78, 5) is 11.8. The minimum Gasteiger partial charge on any atom is -0.466 e. The molecule has 0 spiro atoms. The van der Waals surface area contributed by atoms with E-state index in [1.165, 1.54) is 0 Å². The molecular formula is C14H18N2O3. The SMILES string of the molecule is Cc1cc(C(=O)N[C@@H](C)CCc2ccc(C)o2)on1. The largest absolute Gasteiger partial charge is 0.466 e. The minimum atomic E-state index is -0.233. The van der Waals surface area contributed by atoms with E-state index in [-0.39, 0.29) is 17.7 Å². The Morgan fingerprint density at radius 1 is 1.42 bits per heavy atom. The highest BCUT2D eigenvalue weighted by Crippen LogP contribution is 2.10. The first kappa shape index (κ1) is 13.4. The van der Waals surface area contributed by atoms with Crippen LogP contribution in [0.5, 0.6) is 0 Å². The number of nitrogens with one attached hydrogen (secondary N) is 1. The molecule has 19 heavy (non-hydrogen) atoms. The van der Waals surface area contributed by atoms with Crippen molar-refractivity contribution in [2.24, 2.45) is 0 Å². The van der Waals surface area contributed by atoms with Crippen LogP contribution >= 0.6 is 0 Å². The summed E-state index contributed by atoms with van der Waals surface area (Å²) in [5, 5.41) is 6.56. The molecule has 1 atom stereocenters. The van der Waals surface area contributed by atoms with Crippen molar-refractivity contribution in [2.45, 2.75) is 39.7 Å². The van der Waals surface area contributed by atoms with Gasteiger partial charge in [0.1, 0.15) is 11.5 Å². The highest BCUT2D eigenvalue weighted by Gasteiger charge is 2.14. The lowest BCUT2D eigenvalue weighted by atomic mass is 10.1. The molecule has 5 heteroatoms. The molecule has 2 rings (SSSR count). The zero-order chi connectivity index (χ0) is 13.8. The number of aromatic nitrogens is 1. The van der Waals surface area contributed by atoms with E-state index < -0.39 is 0 Å². The summed E-state index contributed by atoms with van der Waals surface area (Å²) in [6, 6.07) is 5.57. The van der Waals surface area contributed by atoms with E-state index in [9.17, 15) is 4.79 Å². The first-order valence-corrected chi connectivity index (χ1v) is 6.34. The molecule has 0 unspecified atom stereocenters. The van der Waals surface area contributed by atoms with Crippen molar-refractivity contribution in [3.8, 4) is 0 Å². The van der Waals surface area contributed by atoms with E-state index in [0.29, 0.717) is 5.69 Å². The molecular weight excluding hydrogens is 244 g/mol. The topological polar surface area (TPSA) is 68.3 Å². The molecule has 5 nitrogen and oxygen atoms in total. The highest BCUT2D eigenvalue weighted by molar-refractivity contribution is 5.91. The van der Waals surface area contributed by atoms with Crippen molar-refractivity contribution in [3.63, 3.8) is 0 Å². The maximum atomic E-state index is 11.8. The molecule has 1 amide bonds. The fraction of sp³-hybridized carbons (Fsp3) is 0.429. The predicted octanol–water partition coefficient (Wildman–Crippen LogP) is 2.64. The van der Waals surface area contributed by atoms with Gasteiger partial charge < -0.3 is 14.3 Å². The Labute approximate surface area is 112 Å². The Balaban J connectivity index is 1.81. The first-order chi connectivity index (χ1) is 9.04. The number of hydrogen-bond donors (Lipinski definition) is 1. The first-order valence-electron chi connectivity index (χ1n) is 6.34. The van der Waals surface area contributed by atoms with Gasteiger partial charge in [-0.25, -0.2) is 0 Å². The lowest BCUT2D eigenvalue weighted by Gasteiger charge is -2.11. The average Bonchev–Trinajstić information content (AvgIpc) is 2.95. The quantitative estimate of drug-likeness (QED) is 0.899. The fourth-order valence-corrected chi connectivity index (χ4v) is 1.82. The van der Waals surface area contributed by atoms with Crippen LogP contribution in [0.1, 0.15) is 41.1 Å². The van der Waals surface area contributed by atoms with E-state index in [1.54, 1.807) is 13.0 Å². The normalized spacial score (nSPS) is 12.4. The summed E-state index contributed by atoms with van der Waals surface area (Å²) < 4.78 is 10.4. The molecule has 0 aliphatic carbocycles. The zero-order valence-electron chi connectivity index (χ0n) is 11.4. The van der Waals surface area contributed by atoms with E-state index >= 15 is 0 Å². The molecule has 0 bridgehead atoms. The number of aryl methyl sites for hydroxylation is 3. The number of furan rings is 1. The molecule has 2 aromatic heterocycles. The van der Waals surface area contributed by atoms with Gasteiger partial charge in [0.05, 0.1) is 5.69 Å². The van der Waals surface area contributed by atoms with Crippen LogP contribution in [-0.2, 0) is 6.42 Å². The summed E-state index contributed by atoms with van der Waals surface area (Å²) in [5.74, 6) is 1.86. The maximum Gasteiger partial charge on any atom is 0.290 e. The molecule has 0 saturated heterocycles. The summed E-state index contributed by atoms with van der Waals surface area (Å²) in [6.45, 7) is 5.65. The second kappa shape index (κ2) is 5.73. The predicted molar refractivity (Wildman–Crippen MR) is 69.9 cm³/mol. The monoisotopic (exact) mass is 262 g/mol. The van der Waals surface area contributed by atoms with Gasteiger partial charge in [-0.15, -0.1) is 0 Å². The summed E-state index contributed by atoms with van der Waals surface area (Å²) >= 11 is 0.